The van der Waals surface area contributed by atoms with Crippen LogP contribution in [0.4, 0.5) is 13.2 Å². The van der Waals surface area contributed by atoms with Crippen LogP contribution >= 0.6 is 11.8 Å². The molecule has 0 aliphatic carbocycles. The number of hydrogen-bond acceptors (Lipinski definition) is 8. The van der Waals surface area contributed by atoms with Gasteiger partial charge in [-0.2, -0.15) is 13.2 Å². The molecule has 204 valence electrons. The number of carboxylic acid groups (broad SMARTS) is 1. The molecule has 3 unspecified atom stereocenters. The molecule has 1 aromatic rings. The number of carbonyl (C=O) groups is 4. The molecule has 3 fully saturated rings. The summed E-state index contributed by atoms with van der Waals surface area (Å²) in [5.74, 6) is -3.26. The van der Waals surface area contributed by atoms with Crippen LogP contribution in [0.2, 0.25) is 0 Å². The number of esters is 1. The first-order valence-corrected chi connectivity index (χ1v) is 12.6. The van der Waals surface area contributed by atoms with E-state index < -0.39 is 35.5 Å². The number of aliphatic carboxylic acids is 1. The van der Waals surface area contributed by atoms with Gasteiger partial charge in [-0.15, -0.1) is 11.8 Å². The summed E-state index contributed by atoms with van der Waals surface area (Å²) in [7, 11) is 4.50. The fourth-order valence-electron chi connectivity index (χ4n) is 5.54. The van der Waals surface area contributed by atoms with Gasteiger partial charge in [0.2, 0.25) is 11.8 Å². The summed E-state index contributed by atoms with van der Waals surface area (Å²) in [6.07, 6.45) is -2.73. The van der Waals surface area contributed by atoms with E-state index in [1.807, 2.05) is 23.1 Å². The molecule has 1 aromatic carbocycles. The Labute approximate surface area is 216 Å². The summed E-state index contributed by atoms with van der Waals surface area (Å²) in [6, 6.07) is 5.62. The molecule has 1 N–H and O–H groups in total. The highest BCUT2D eigenvalue weighted by Crippen LogP contribution is 2.59. The number of thioether (sulfide) groups is 1. The summed E-state index contributed by atoms with van der Waals surface area (Å²) >= 11 is 1.73. The van der Waals surface area contributed by atoms with Crippen molar-refractivity contribution in [2.24, 2.45) is 11.8 Å². The number of carbonyl (C=O) groups excluding carboxylic acids is 3. The van der Waals surface area contributed by atoms with Gasteiger partial charge in [-0.25, -0.2) is 4.79 Å². The molecule has 4 rings (SSSR count). The van der Waals surface area contributed by atoms with E-state index in [4.69, 9.17) is 19.4 Å². The van der Waals surface area contributed by atoms with E-state index in [1.54, 1.807) is 18.9 Å². The van der Waals surface area contributed by atoms with Crippen LogP contribution in [-0.4, -0.2) is 83.9 Å². The van der Waals surface area contributed by atoms with Gasteiger partial charge in [-0.05, 0) is 49.3 Å². The number of ether oxygens (including phenoxy) is 2. The Morgan fingerprint density at radius 3 is 2.41 bits per heavy atom. The number of benzene rings is 1. The number of alkyl halides is 3. The molecule has 3 aliphatic heterocycles. The van der Waals surface area contributed by atoms with E-state index in [-0.39, 0.29) is 17.9 Å². The predicted molar refractivity (Wildman–Crippen MR) is 126 cm³/mol. The normalized spacial score (nSPS) is 26.9. The molecular formula is C24H29F3N2O7S. The van der Waals surface area contributed by atoms with E-state index in [9.17, 15) is 27.6 Å². The maximum atomic E-state index is 13.1. The van der Waals surface area contributed by atoms with E-state index in [0.29, 0.717) is 13.0 Å². The molecular weight excluding hydrogens is 517 g/mol. The maximum Gasteiger partial charge on any atom is 0.490 e. The summed E-state index contributed by atoms with van der Waals surface area (Å²) < 4.78 is 42.5. The quantitative estimate of drug-likeness (QED) is 0.327. The lowest BCUT2D eigenvalue weighted by Crippen LogP contribution is -2.54. The Hall–Kier alpha value is -2.80. The maximum absolute atomic E-state index is 13.1. The minimum atomic E-state index is -5.08. The minimum Gasteiger partial charge on any atom is -0.496 e. The molecule has 4 atom stereocenters. The van der Waals surface area contributed by atoms with Crippen molar-refractivity contribution < 1.29 is 46.9 Å². The second-order valence-electron chi connectivity index (χ2n) is 8.96. The summed E-state index contributed by atoms with van der Waals surface area (Å²) in [4.78, 5) is 52.4. The second-order valence-corrected chi connectivity index (χ2v) is 10.1. The Bertz CT molecular complexity index is 1080. The third kappa shape index (κ3) is 4.90. The van der Waals surface area contributed by atoms with Crippen LogP contribution in [0.3, 0.4) is 0 Å². The molecule has 0 aromatic heterocycles. The smallest absolute Gasteiger partial charge is 0.490 e. The lowest BCUT2D eigenvalue weighted by molar-refractivity contribution is -0.192. The van der Waals surface area contributed by atoms with Crippen molar-refractivity contribution in [3.05, 3.63) is 23.8 Å². The highest BCUT2D eigenvalue weighted by atomic mass is 32.2. The van der Waals surface area contributed by atoms with Crippen molar-refractivity contribution in [2.75, 3.05) is 33.6 Å². The Kier molecular flexibility index (Phi) is 8.47. The number of hydrogen-bond donors (Lipinski definition) is 1. The van der Waals surface area contributed by atoms with Crippen LogP contribution in [0.5, 0.6) is 5.75 Å². The number of methoxy groups -OCH3 is 2. The number of fused-ring (bicyclic) bond motifs is 3. The predicted octanol–water partition coefficient (Wildman–Crippen LogP) is 3.12. The molecule has 3 heterocycles. The van der Waals surface area contributed by atoms with Gasteiger partial charge in [0, 0.05) is 18.0 Å². The molecule has 0 spiro atoms. The largest absolute Gasteiger partial charge is 0.496 e. The van der Waals surface area contributed by atoms with Crippen LogP contribution in [0.25, 0.3) is 0 Å². The van der Waals surface area contributed by atoms with Gasteiger partial charge in [0.25, 0.3) is 0 Å². The molecule has 0 saturated carbocycles. The van der Waals surface area contributed by atoms with Crippen LogP contribution in [0, 0.1) is 11.8 Å². The zero-order valence-corrected chi connectivity index (χ0v) is 21.6. The van der Waals surface area contributed by atoms with Crippen LogP contribution in [-0.2, 0) is 23.9 Å². The molecule has 13 heteroatoms. The third-order valence-electron chi connectivity index (χ3n) is 7.00. The van der Waals surface area contributed by atoms with E-state index in [2.05, 4.69) is 6.92 Å². The summed E-state index contributed by atoms with van der Waals surface area (Å²) in [6.45, 7) is 2.77. The molecule has 3 aliphatic rings. The zero-order chi connectivity index (χ0) is 27.7. The number of amides is 2. The summed E-state index contributed by atoms with van der Waals surface area (Å²) in [5, 5.41) is 7.12. The standard InChI is InChI=1S/C22H28N2O5S.C2HF3O2/c1-5-11-30-15-8-7-13(12-14(15)28-3)18-16-17(20(26)23(2)19(16)25)22(21(27)29-4)9-6-10-24(18)22;3-2(4,5)1(6)7/h7-8,12,16-18H,5-6,9-11H2,1-4H3;(H,6,7)/t16?,17?,18?,22-;/m0./s1. The van der Waals surface area contributed by atoms with Crippen LogP contribution in [0.15, 0.2) is 23.1 Å². The SMILES string of the molecule is CCCSc1ccc(C2C3C(=O)N(C)C(=O)C3[C@]3(C(=O)OC)CCCN23)cc1OC.O=C(O)C(F)(F)F. The lowest BCUT2D eigenvalue weighted by atomic mass is 9.77. The van der Waals surface area contributed by atoms with Crippen molar-refractivity contribution >= 4 is 35.5 Å². The van der Waals surface area contributed by atoms with Crippen molar-refractivity contribution in [3.63, 3.8) is 0 Å². The van der Waals surface area contributed by atoms with Crippen molar-refractivity contribution in [2.45, 2.75) is 48.8 Å². The third-order valence-corrected chi connectivity index (χ3v) is 8.26. The number of likely N-dealkylation sites (tertiary alicyclic amines) is 1. The van der Waals surface area contributed by atoms with Crippen LogP contribution in [0.1, 0.15) is 37.8 Å². The van der Waals surface area contributed by atoms with Crippen molar-refractivity contribution in [1.82, 2.24) is 9.80 Å². The van der Waals surface area contributed by atoms with Crippen molar-refractivity contribution in [3.8, 4) is 5.75 Å². The number of nitrogens with zero attached hydrogens (tertiary/aromatic N) is 2. The average Bonchev–Trinajstić information content (AvgIpc) is 3.47. The highest BCUT2D eigenvalue weighted by molar-refractivity contribution is 7.99. The van der Waals surface area contributed by atoms with Gasteiger partial charge in [0.05, 0.1) is 26.1 Å². The highest BCUT2D eigenvalue weighted by Gasteiger charge is 2.73. The van der Waals surface area contributed by atoms with Gasteiger partial charge in [0.15, 0.2) is 0 Å². The Morgan fingerprint density at radius 1 is 1.22 bits per heavy atom. The molecule has 37 heavy (non-hydrogen) atoms. The minimum absolute atomic E-state index is 0.226. The van der Waals surface area contributed by atoms with E-state index in [1.165, 1.54) is 19.1 Å². The van der Waals surface area contributed by atoms with E-state index in [0.717, 1.165) is 34.8 Å². The first kappa shape index (κ1) is 28.8. The van der Waals surface area contributed by atoms with Gasteiger partial charge in [-0.3, -0.25) is 24.2 Å². The molecule has 0 bridgehead atoms. The number of imide groups is 1. The molecule has 2 amide bonds. The van der Waals surface area contributed by atoms with Crippen molar-refractivity contribution in [1.29, 1.82) is 0 Å². The van der Waals surface area contributed by atoms with Gasteiger partial charge in [0.1, 0.15) is 11.3 Å². The molecule has 9 nitrogen and oxygen atoms in total. The topological polar surface area (TPSA) is 113 Å². The molecule has 3 saturated heterocycles. The average molecular weight is 547 g/mol. The summed E-state index contributed by atoms with van der Waals surface area (Å²) in [5.41, 5.74) is -0.184. The number of carboxylic acids is 1. The first-order valence-electron chi connectivity index (χ1n) is 11.6. The fraction of sp³-hybridized carbons (Fsp3) is 0.583. The number of halogens is 3. The number of rotatable bonds is 6. The fourth-order valence-corrected chi connectivity index (χ4v) is 6.42. The van der Waals surface area contributed by atoms with Gasteiger partial charge >= 0.3 is 18.1 Å². The monoisotopic (exact) mass is 546 g/mol. The van der Waals surface area contributed by atoms with E-state index >= 15 is 0 Å². The second kappa shape index (κ2) is 10.9. The van der Waals surface area contributed by atoms with Crippen LogP contribution < -0.4 is 4.74 Å². The first-order chi connectivity index (χ1) is 17.4. The Balaban J connectivity index is 0.000000479. The Morgan fingerprint density at radius 2 is 1.86 bits per heavy atom. The zero-order valence-electron chi connectivity index (χ0n) is 20.8. The molecule has 0 radical (unpaired) electrons. The van der Waals surface area contributed by atoms with Gasteiger partial charge in [-0.1, -0.05) is 13.0 Å². The lowest BCUT2D eigenvalue weighted by Gasteiger charge is -2.35. The van der Waals surface area contributed by atoms with Gasteiger partial charge < -0.3 is 14.6 Å².